The van der Waals surface area contributed by atoms with Gasteiger partial charge in [0.1, 0.15) is 0 Å². The Bertz CT molecular complexity index is 618. The summed E-state index contributed by atoms with van der Waals surface area (Å²) in [5, 5.41) is 14.3. The number of thiophene rings is 1. The highest BCUT2D eigenvalue weighted by Crippen LogP contribution is 2.23. The quantitative estimate of drug-likeness (QED) is 0.462. The van der Waals surface area contributed by atoms with Crippen LogP contribution in [0.1, 0.15) is 10.4 Å². The summed E-state index contributed by atoms with van der Waals surface area (Å²) >= 11 is 11.2. The molecule has 2 aromatic rings. The summed E-state index contributed by atoms with van der Waals surface area (Å²) in [5.41, 5.74) is 0.881. The highest BCUT2D eigenvalue weighted by molar-refractivity contribution is 9.11. The smallest absolute Gasteiger partial charge is 0.270 e. The fourth-order valence-corrected chi connectivity index (χ4v) is 3.44. The number of rotatable bonds is 6. The van der Waals surface area contributed by atoms with Crippen LogP contribution in [0.5, 0.6) is 0 Å². The second-order valence-electron chi connectivity index (χ2n) is 4.17. The Balaban J connectivity index is 1.83. The largest absolute Gasteiger partial charge is 0.312 e. The molecule has 0 aliphatic carbocycles. The lowest BCUT2D eigenvalue weighted by atomic mass is 10.2. The van der Waals surface area contributed by atoms with E-state index in [9.17, 15) is 10.1 Å². The first-order chi connectivity index (χ1) is 9.56. The molecule has 0 bridgehead atoms. The van der Waals surface area contributed by atoms with Gasteiger partial charge in [0, 0.05) is 30.1 Å². The zero-order chi connectivity index (χ0) is 14.5. The molecule has 1 N–H and O–H groups in total. The molecule has 0 spiro atoms. The van der Waals surface area contributed by atoms with Gasteiger partial charge in [-0.3, -0.25) is 10.1 Å². The molecule has 2 rings (SSSR count). The standard InChI is InChI=1S/C13H12BrClN2O2S/c14-13-4-3-11(20-13)5-6-16-8-9-1-2-10(17(18)19)7-12(9)15/h1-4,7,16H,5-6,8H2. The summed E-state index contributed by atoms with van der Waals surface area (Å²) in [6.07, 6.45) is 0.945. The summed E-state index contributed by atoms with van der Waals surface area (Å²) in [4.78, 5) is 11.5. The van der Waals surface area contributed by atoms with E-state index in [1.165, 1.54) is 17.0 Å². The fourth-order valence-electron chi connectivity index (χ4n) is 1.71. The number of hydrogen-bond acceptors (Lipinski definition) is 4. The Hall–Kier alpha value is -0.950. The molecule has 1 aromatic heterocycles. The molecule has 0 radical (unpaired) electrons. The van der Waals surface area contributed by atoms with Crippen LogP contribution in [0.4, 0.5) is 5.69 Å². The lowest BCUT2D eigenvalue weighted by Gasteiger charge is -2.06. The molecular weight excluding hydrogens is 364 g/mol. The van der Waals surface area contributed by atoms with Gasteiger partial charge in [0.15, 0.2) is 0 Å². The van der Waals surface area contributed by atoms with Crippen molar-refractivity contribution in [3.05, 3.63) is 59.7 Å². The molecule has 0 atom stereocenters. The lowest BCUT2D eigenvalue weighted by Crippen LogP contribution is -2.16. The monoisotopic (exact) mass is 374 g/mol. The van der Waals surface area contributed by atoms with E-state index in [2.05, 4.69) is 27.3 Å². The first-order valence-electron chi connectivity index (χ1n) is 5.94. The molecule has 1 aromatic carbocycles. The predicted molar refractivity (Wildman–Crippen MR) is 85.5 cm³/mol. The Kier molecular flexibility index (Phi) is 5.54. The van der Waals surface area contributed by atoms with Crippen LogP contribution in [0.2, 0.25) is 5.02 Å². The number of benzene rings is 1. The van der Waals surface area contributed by atoms with Gasteiger partial charge in [-0.25, -0.2) is 0 Å². The minimum absolute atomic E-state index is 0.0159. The minimum Gasteiger partial charge on any atom is -0.312 e. The van der Waals surface area contributed by atoms with Gasteiger partial charge < -0.3 is 5.32 Å². The second kappa shape index (κ2) is 7.17. The zero-order valence-corrected chi connectivity index (χ0v) is 13.6. The molecule has 0 saturated heterocycles. The van der Waals surface area contributed by atoms with Crippen molar-refractivity contribution in [2.24, 2.45) is 0 Å². The summed E-state index contributed by atoms with van der Waals surface area (Å²) in [7, 11) is 0. The van der Waals surface area contributed by atoms with Crippen molar-refractivity contribution in [1.82, 2.24) is 5.32 Å². The van der Waals surface area contributed by atoms with Crippen molar-refractivity contribution < 1.29 is 4.92 Å². The highest BCUT2D eigenvalue weighted by atomic mass is 79.9. The maximum absolute atomic E-state index is 10.6. The van der Waals surface area contributed by atoms with Crippen LogP contribution in [-0.2, 0) is 13.0 Å². The average molecular weight is 376 g/mol. The summed E-state index contributed by atoms with van der Waals surface area (Å²) in [5.74, 6) is 0. The number of nitro groups is 1. The molecule has 0 saturated carbocycles. The fraction of sp³-hybridized carbons (Fsp3) is 0.231. The van der Waals surface area contributed by atoms with Gasteiger partial charge in [-0.15, -0.1) is 11.3 Å². The number of non-ortho nitro benzene ring substituents is 1. The van der Waals surface area contributed by atoms with E-state index in [0.717, 1.165) is 22.3 Å². The molecule has 4 nitrogen and oxygen atoms in total. The van der Waals surface area contributed by atoms with E-state index in [-0.39, 0.29) is 5.69 Å². The Morgan fingerprint density at radius 1 is 1.35 bits per heavy atom. The Labute approximate surface area is 134 Å². The molecule has 20 heavy (non-hydrogen) atoms. The normalized spacial score (nSPS) is 10.7. The van der Waals surface area contributed by atoms with Gasteiger partial charge in [-0.2, -0.15) is 0 Å². The maximum atomic E-state index is 10.6. The molecule has 106 valence electrons. The third-order valence-corrected chi connectivity index (χ3v) is 4.78. The zero-order valence-electron chi connectivity index (χ0n) is 10.4. The van der Waals surface area contributed by atoms with E-state index >= 15 is 0 Å². The van der Waals surface area contributed by atoms with Crippen LogP contribution in [-0.4, -0.2) is 11.5 Å². The van der Waals surface area contributed by atoms with Gasteiger partial charge in [0.2, 0.25) is 0 Å². The van der Waals surface area contributed by atoms with Crippen LogP contribution >= 0.6 is 38.9 Å². The van der Waals surface area contributed by atoms with Crippen LogP contribution in [0.25, 0.3) is 0 Å². The molecule has 0 amide bonds. The summed E-state index contributed by atoms with van der Waals surface area (Å²) in [6, 6.07) is 8.67. The van der Waals surface area contributed by atoms with Gasteiger partial charge in [-0.1, -0.05) is 11.6 Å². The second-order valence-corrected chi connectivity index (χ2v) is 7.12. The van der Waals surface area contributed by atoms with Gasteiger partial charge in [-0.05, 0) is 46.1 Å². The predicted octanol–water partition coefficient (Wildman–Crippen LogP) is 4.40. The molecular formula is C13H12BrClN2O2S. The molecule has 0 unspecified atom stereocenters. The topological polar surface area (TPSA) is 55.2 Å². The number of nitro benzene ring substituents is 1. The third kappa shape index (κ3) is 4.28. The molecule has 0 aliphatic heterocycles. The first-order valence-corrected chi connectivity index (χ1v) is 7.93. The van der Waals surface area contributed by atoms with Crippen molar-refractivity contribution in [3.8, 4) is 0 Å². The van der Waals surface area contributed by atoms with E-state index < -0.39 is 4.92 Å². The van der Waals surface area contributed by atoms with Gasteiger partial charge in [0.25, 0.3) is 5.69 Å². The minimum atomic E-state index is -0.447. The van der Waals surface area contributed by atoms with Crippen molar-refractivity contribution >= 4 is 44.6 Å². The van der Waals surface area contributed by atoms with Crippen molar-refractivity contribution in [1.29, 1.82) is 0 Å². The Morgan fingerprint density at radius 2 is 2.15 bits per heavy atom. The van der Waals surface area contributed by atoms with Crippen molar-refractivity contribution in [2.75, 3.05) is 6.54 Å². The summed E-state index contributed by atoms with van der Waals surface area (Å²) in [6.45, 7) is 1.43. The molecule has 7 heteroatoms. The Morgan fingerprint density at radius 3 is 2.75 bits per heavy atom. The van der Waals surface area contributed by atoms with Crippen LogP contribution < -0.4 is 5.32 Å². The van der Waals surface area contributed by atoms with Gasteiger partial charge in [0.05, 0.1) is 13.7 Å². The number of hydrogen-bond donors (Lipinski definition) is 1. The van der Waals surface area contributed by atoms with Crippen LogP contribution in [0.15, 0.2) is 34.1 Å². The number of halogens is 2. The van der Waals surface area contributed by atoms with E-state index in [1.54, 1.807) is 17.4 Å². The van der Waals surface area contributed by atoms with Crippen LogP contribution in [0.3, 0.4) is 0 Å². The van der Waals surface area contributed by atoms with Crippen molar-refractivity contribution in [3.63, 3.8) is 0 Å². The SMILES string of the molecule is O=[N+]([O-])c1ccc(CNCCc2ccc(Br)s2)c(Cl)c1. The summed E-state index contributed by atoms with van der Waals surface area (Å²) < 4.78 is 1.13. The van der Waals surface area contributed by atoms with E-state index in [1.807, 2.05) is 6.07 Å². The van der Waals surface area contributed by atoms with Crippen LogP contribution in [0, 0.1) is 10.1 Å². The van der Waals surface area contributed by atoms with Crippen molar-refractivity contribution in [2.45, 2.75) is 13.0 Å². The van der Waals surface area contributed by atoms with E-state index in [0.29, 0.717) is 11.6 Å². The molecule has 0 fully saturated rings. The molecule has 1 heterocycles. The molecule has 0 aliphatic rings. The maximum Gasteiger partial charge on any atom is 0.270 e. The lowest BCUT2D eigenvalue weighted by molar-refractivity contribution is -0.384. The van der Waals surface area contributed by atoms with E-state index in [4.69, 9.17) is 11.6 Å². The number of nitrogens with zero attached hydrogens (tertiary/aromatic N) is 1. The average Bonchev–Trinajstić information content (AvgIpc) is 2.81. The first kappa shape index (κ1) is 15.4. The van der Waals surface area contributed by atoms with Gasteiger partial charge >= 0.3 is 0 Å². The number of nitrogens with one attached hydrogen (secondary N) is 1. The third-order valence-electron chi connectivity index (χ3n) is 2.74. The highest BCUT2D eigenvalue weighted by Gasteiger charge is 2.09.